The van der Waals surface area contributed by atoms with E-state index in [9.17, 15) is 0 Å². The lowest BCUT2D eigenvalue weighted by Gasteiger charge is -2.02. The van der Waals surface area contributed by atoms with Crippen molar-refractivity contribution in [3.05, 3.63) is 18.7 Å². The topological polar surface area (TPSA) is 61.7 Å². The molecule has 0 saturated carbocycles. The van der Waals surface area contributed by atoms with Gasteiger partial charge in [-0.05, 0) is 13.8 Å². The van der Waals surface area contributed by atoms with Gasteiger partial charge in [0.25, 0.3) is 0 Å². The normalized spacial score (nSPS) is 11.2. The lowest BCUT2D eigenvalue weighted by molar-refractivity contribution is 0.532. The maximum atomic E-state index is 5.88. The molecule has 0 bridgehead atoms. The SMILES string of the molecule is CC(C)n1cc(-c2ncn(C)c2N)cn1. The van der Waals surface area contributed by atoms with Gasteiger partial charge in [0.15, 0.2) is 0 Å². The second-order valence-electron chi connectivity index (χ2n) is 3.89. The Bertz CT molecular complexity index is 466. The summed E-state index contributed by atoms with van der Waals surface area (Å²) in [5, 5.41) is 4.25. The minimum absolute atomic E-state index is 0.351. The van der Waals surface area contributed by atoms with Gasteiger partial charge in [-0.25, -0.2) is 4.98 Å². The van der Waals surface area contributed by atoms with Crippen LogP contribution >= 0.6 is 0 Å². The highest BCUT2D eigenvalue weighted by Gasteiger charge is 2.10. The van der Waals surface area contributed by atoms with Crippen LogP contribution in [0.25, 0.3) is 11.3 Å². The first-order valence-corrected chi connectivity index (χ1v) is 4.91. The van der Waals surface area contributed by atoms with Gasteiger partial charge in [-0.3, -0.25) is 4.68 Å². The molecule has 0 radical (unpaired) electrons. The highest BCUT2D eigenvalue weighted by Crippen LogP contribution is 2.23. The molecule has 0 aromatic carbocycles. The molecule has 0 atom stereocenters. The number of aromatic nitrogens is 4. The van der Waals surface area contributed by atoms with Gasteiger partial charge in [0, 0.05) is 24.8 Å². The monoisotopic (exact) mass is 205 g/mol. The number of hydrogen-bond donors (Lipinski definition) is 1. The number of nitrogens with zero attached hydrogens (tertiary/aromatic N) is 4. The molecular weight excluding hydrogens is 190 g/mol. The molecule has 5 nitrogen and oxygen atoms in total. The number of anilines is 1. The summed E-state index contributed by atoms with van der Waals surface area (Å²) in [5.41, 5.74) is 7.64. The van der Waals surface area contributed by atoms with Crippen molar-refractivity contribution in [3.8, 4) is 11.3 Å². The Hall–Kier alpha value is -1.78. The average Bonchev–Trinajstić information content (AvgIpc) is 2.76. The van der Waals surface area contributed by atoms with Crippen LogP contribution in [0.2, 0.25) is 0 Å². The van der Waals surface area contributed by atoms with Crippen LogP contribution in [0.15, 0.2) is 18.7 Å². The summed E-state index contributed by atoms with van der Waals surface area (Å²) >= 11 is 0. The van der Waals surface area contributed by atoms with Crippen molar-refractivity contribution in [2.45, 2.75) is 19.9 Å². The van der Waals surface area contributed by atoms with E-state index in [4.69, 9.17) is 5.73 Å². The standard InChI is InChI=1S/C10H15N5/c1-7(2)15-5-8(4-13-15)9-10(11)14(3)6-12-9/h4-7H,11H2,1-3H3. The first-order valence-electron chi connectivity index (χ1n) is 4.91. The number of nitrogen functional groups attached to an aromatic ring is 1. The Morgan fingerprint density at radius 2 is 2.13 bits per heavy atom. The molecule has 15 heavy (non-hydrogen) atoms. The van der Waals surface area contributed by atoms with Crippen LogP contribution in [0.5, 0.6) is 0 Å². The summed E-state index contributed by atoms with van der Waals surface area (Å²) in [4.78, 5) is 4.24. The summed E-state index contributed by atoms with van der Waals surface area (Å²) in [7, 11) is 1.87. The van der Waals surface area contributed by atoms with Gasteiger partial charge in [-0.1, -0.05) is 0 Å². The minimum atomic E-state index is 0.351. The van der Waals surface area contributed by atoms with Gasteiger partial charge in [0.2, 0.25) is 0 Å². The first-order chi connectivity index (χ1) is 7.09. The molecule has 2 aromatic rings. The van der Waals surface area contributed by atoms with Crippen LogP contribution in [0.4, 0.5) is 5.82 Å². The second-order valence-corrected chi connectivity index (χ2v) is 3.89. The Morgan fingerprint density at radius 1 is 1.40 bits per heavy atom. The lowest BCUT2D eigenvalue weighted by atomic mass is 10.2. The summed E-state index contributed by atoms with van der Waals surface area (Å²) in [5.74, 6) is 0.665. The van der Waals surface area contributed by atoms with Crippen molar-refractivity contribution in [3.63, 3.8) is 0 Å². The zero-order valence-corrected chi connectivity index (χ0v) is 9.18. The highest BCUT2D eigenvalue weighted by atomic mass is 15.3. The summed E-state index contributed by atoms with van der Waals surface area (Å²) in [6.07, 6.45) is 5.46. The molecule has 80 valence electrons. The molecule has 0 amide bonds. The van der Waals surface area contributed by atoms with E-state index >= 15 is 0 Å². The second kappa shape index (κ2) is 3.42. The predicted molar refractivity (Wildman–Crippen MR) is 59.2 cm³/mol. The van der Waals surface area contributed by atoms with Gasteiger partial charge in [-0.15, -0.1) is 0 Å². The third kappa shape index (κ3) is 1.60. The number of nitrogens with two attached hydrogens (primary N) is 1. The van der Waals surface area contributed by atoms with Gasteiger partial charge in [0.1, 0.15) is 11.5 Å². The Morgan fingerprint density at radius 3 is 2.60 bits per heavy atom. The van der Waals surface area contributed by atoms with E-state index in [2.05, 4.69) is 23.9 Å². The fourth-order valence-electron chi connectivity index (χ4n) is 1.40. The van der Waals surface area contributed by atoms with E-state index in [1.165, 1.54) is 0 Å². The highest BCUT2D eigenvalue weighted by molar-refractivity contribution is 5.69. The van der Waals surface area contributed by atoms with Gasteiger partial charge in [-0.2, -0.15) is 5.10 Å². The summed E-state index contributed by atoms with van der Waals surface area (Å²) in [6, 6.07) is 0.351. The first kappa shape index (κ1) is 9.76. The lowest BCUT2D eigenvalue weighted by Crippen LogP contribution is -1.99. The molecule has 0 fully saturated rings. The van der Waals surface area contributed by atoms with Gasteiger partial charge < -0.3 is 10.3 Å². The summed E-state index contributed by atoms with van der Waals surface area (Å²) in [6.45, 7) is 4.16. The molecule has 0 saturated heterocycles. The molecule has 5 heteroatoms. The number of imidazole rings is 1. The molecule has 2 N–H and O–H groups in total. The Balaban J connectivity index is 2.41. The van der Waals surface area contributed by atoms with Crippen molar-refractivity contribution in [1.29, 1.82) is 0 Å². The molecule has 0 unspecified atom stereocenters. The van der Waals surface area contributed by atoms with Crippen molar-refractivity contribution in [2.75, 3.05) is 5.73 Å². The van der Waals surface area contributed by atoms with Crippen LogP contribution in [0.1, 0.15) is 19.9 Å². The largest absolute Gasteiger partial charge is 0.383 e. The van der Waals surface area contributed by atoms with E-state index in [1.807, 2.05) is 17.9 Å². The number of hydrogen-bond acceptors (Lipinski definition) is 3. The van der Waals surface area contributed by atoms with E-state index in [-0.39, 0.29) is 0 Å². The van der Waals surface area contributed by atoms with Crippen molar-refractivity contribution in [1.82, 2.24) is 19.3 Å². The molecule has 2 rings (SSSR count). The van der Waals surface area contributed by atoms with E-state index in [1.54, 1.807) is 17.1 Å². The molecule has 0 aliphatic carbocycles. The maximum absolute atomic E-state index is 5.88. The average molecular weight is 205 g/mol. The zero-order valence-electron chi connectivity index (χ0n) is 9.18. The smallest absolute Gasteiger partial charge is 0.131 e. The quantitative estimate of drug-likeness (QED) is 0.807. The molecule has 0 spiro atoms. The van der Waals surface area contributed by atoms with Crippen LogP contribution in [0, 0.1) is 0 Å². The maximum Gasteiger partial charge on any atom is 0.131 e. The molecular formula is C10H15N5. The molecule has 0 aliphatic rings. The Labute approximate surface area is 88.5 Å². The predicted octanol–water partition coefficient (Wildman–Crippen LogP) is 1.45. The molecule has 2 heterocycles. The van der Waals surface area contributed by atoms with E-state index < -0.39 is 0 Å². The van der Waals surface area contributed by atoms with Crippen molar-refractivity contribution < 1.29 is 0 Å². The third-order valence-electron chi connectivity index (χ3n) is 2.39. The van der Waals surface area contributed by atoms with Gasteiger partial charge >= 0.3 is 0 Å². The molecule has 0 aliphatic heterocycles. The van der Waals surface area contributed by atoms with Crippen LogP contribution in [-0.2, 0) is 7.05 Å². The fourth-order valence-corrected chi connectivity index (χ4v) is 1.40. The van der Waals surface area contributed by atoms with Crippen LogP contribution in [0.3, 0.4) is 0 Å². The van der Waals surface area contributed by atoms with E-state index in [0.29, 0.717) is 11.9 Å². The summed E-state index contributed by atoms with van der Waals surface area (Å²) < 4.78 is 3.69. The van der Waals surface area contributed by atoms with Crippen LogP contribution < -0.4 is 5.73 Å². The number of rotatable bonds is 2. The van der Waals surface area contributed by atoms with Crippen molar-refractivity contribution in [2.24, 2.45) is 7.05 Å². The minimum Gasteiger partial charge on any atom is -0.383 e. The third-order valence-corrected chi connectivity index (χ3v) is 2.39. The van der Waals surface area contributed by atoms with Crippen LogP contribution in [-0.4, -0.2) is 19.3 Å². The van der Waals surface area contributed by atoms with Crippen molar-refractivity contribution >= 4 is 5.82 Å². The molecule has 2 aromatic heterocycles. The fraction of sp³-hybridized carbons (Fsp3) is 0.400. The van der Waals surface area contributed by atoms with Gasteiger partial charge in [0.05, 0.1) is 12.5 Å². The zero-order chi connectivity index (χ0) is 11.0. The van der Waals surface area contributed by atoms with E-state index in [0.717, 1.165) is 11.3 Å². The Kier molecular flexibility index (Phi) is 2.22. The number of aryl methyl sites for hydroxylation is 1.